The van der Waals surface area contributed by atoms with Crippen LogP contribution in [0.2, 0.25) is 0 Å². The van der Waals surface area contributed by atoms with Crippen LogP contribution in [0.5, 0.6) is 0 Å². The van der Waals surface area contributed by atoms with Crippen LogP contribution in [-0.2, 0) is 4.79 Å². The van der Waals surface area contributed by atoms with E-state index in [1.807, 2.05) is 0 Å². The van der Waals surface area contributed by atoms with E-state index in [1.165, 1.54) is 19.3 Å². The molecule has 2 aliphatic rings. The summed E-state index contributed by atoms with van der Waals surface area (Å²) in [5.74, 6) is 1.80. The summed E-state index contributed by atoms with van der Waals surface area (Å²) in [5.41, 5.74) is 0.303. The van der Waals surface area contributed by atoms with Gasteiger partial charge < -0.3 is 0 Å². The van der Waals surface area contributed by atoms with E-state index in [0.29, 0.717) is 23.0 Å². The molecule has 0 N–H and O–H groups in total. The molecule has 0 heterocycles. The van der Waals surface area contributed by atoms with Crippen LogP contribution >= 0.6 is 0 Å². The van der Waals surface area contributed by atoms with Gasteiger partial charge in [-0.15, -0.1) is 6.58 Å². The SMILES string of the molecule is C=CC1CCCC12CC(=O)CCC2C. The minimum absolute atomic E-state index is 0.303. The zero-order valence-corrected chi connectivity index (χ0v) is 9.09. The van der Waals surface area contributed by atoms with Gasteiger partial charge in [0.1, 0.15) is 5.78 Å². The van der Waals surface area contributed by atoms with Gasteiger partial charge in [-0.1, -0.05) is 19.4 Å². The fraction of sp³-hybridized carbons (Fsp3) is 0.769. The van der Waals surface area contributed by atoms with Gasteiger partial charge in [-0.2, -0.15) is 0 Å². The topological polar surface area (TPSA) is 17.1 Å². The minimum Gasteiger partial charge on any atom is -0.300 e. The maximum absolute atomic E-state index is 11.6. The van der Waals surface area contributed by atoms with E-state index in [2.05, 4.69) is 19.6 Å². The van der Waals surface area contributed by atoms with Crippen molar-refractivity contribution in [3.8, 4) is 0 Å². The monoisotopic (exact) mass is 192 g/mol. The molecule has 1 heteroatoms. The molecule has 0 aromatic rings. The average molecular weight is 192 g/mol. The first-order valence-corrected chi connectivity index (χ1v) is 5.83. The van der Waals surface area contributed by atoms with Gasteiger partial charge in [0, 0.05) is 12.8 Å². The number of ketones is 1. The zero-order valence-electron chi connectivity index (χ0n) is 9.09. The molecule has 1 nitrogen and oxygen atoms in total. The summed E-state index contributed by atoms with van der Waals surface area (Å²) in [5, 5.41) is 0. The van der Waals surface area contributed by atoms with E-state index in [1.54, 1.807) is 0 Å². The molecular weight excluding hydrogens is 172 g/mol. The summed E-state index contributed by atoms with van der Waals surface area (Å²) >= 11 is 0. The second-order valence-corrected chi connectivity index (χ2v) is 5.12. The van der Waals surface area contributed by atoms with E-state index in [-0.39, 0.29) is 0 Å². The van der Waals surface area contributed by atoms with Gasteiger partial charge in [0.2, 0.25) is 0 Å². The molecule has 2 aliphatic carbocycles. The van der Waals surface area contributed by atoms with Crippen molar-refractivity contribution in [1.82, 2.24) is 0 Å². The van der Waals surface area contributed by atoms with Crippen molar-refractivity contribution in [3.05, 3.63) is 12.7 Å². The quantitative estimate of drug-likeness (QED) is 0.582. The summed E-state index contributed by atoms with van der Waals surface area (Å²) in [4.78, 5) is 11.6. The third-order valence-corrected chi connectivity index (χ3v) is 4.54. The van der Waals surface area contributed by atoms with Crippen LogP contribution in [0.15, 0.2) is 12.7 Å². The van der Waals surface area contributed by atoms with Gasteiger partial charge in [0.25, 0.3) is 0 Å². The normalized spacial score (nSPS) is 43.1. The van der Waals surface area contributed by atoms with Gasteiger partial charge in [0.05, 0.1) is 0 Å². The van der Waals surface area contributed by atoms with E-state index >= 15 is 0 Å². The Morgan fingerprint density at radius 2 is 2.29 bits per heavy atom. The van der Waals surface area contributed by atoms with Crippen LogP contribution < -0.4 is 0 Å². The predicted octanol–water partition coefficient (Wildman–Crippen LogP) is 3.35. The third-order valence-electron chi connectivity index (χ3n) is 4.54. The van der Waals surface area contributed by atoms with Gasteiger partial charge in [-0.25, -0.2) is 0 Å². The number of hydrogen-bond donors (Lipinski definition) is 0. The van der Waals surface area contributed by atoms with E-state index in [9.17, 15) is 4.79 Å². The van der Waals surface area contributed by atoms with Crippen LogP contribution in [0.4, 0.5) is 0 Å². The highest BCUT2D eigenvalue weighted by Crippen LogP contribution is 2.55. The lowest BCUT2D eigenvalue weighted by molar-refractivity contribution is -0.126. The number of Topliss-reactive ketones (excluding diaryl/α,β-unsaturated/α-hetero) is 1. The molecule has 3 atom stereocenters. The van der Waals surface area contributed by atoms with E-state index in [0.717, 1.165) is 19.3 Å². The van der Waals surface area contributed by atoms with Gasteiger partial charge in [0.15, 0.2) is 0 Å². The third kappa shape index (κ3) is 1.34. The van der Waals surface area contributed by atoms with Gasteiger partial charge >= 0.3 is 0 Å². The predicted molar refractivity (Wildman–Crippen MR) is 58.0 cm³/mol. The second kappa shape index (κ2) is 3.52. The number of rotatable bonds is 1. The first-order chi connectivity index (χ1) is 6.69. The number of carbonyl (C=O) groups is 1. The second-order valence-electron chi connectivity index (χ2n) is 5.12. The van der Waals surface area contributed by atoms with Crippen molar-refractivity contribution in [2.24, 2.45) is 17.3 Å². The Balaban J connectivity index is 2.26. The van der Waals surface area contributed by atoms with Crippen LogP contribution in [0.25, 0.3) is 0 Å². The van der Waals surface area contributed by atoms with Crippen LogP contribution in [0, 0.1) is 17.3 Å². The highest BCUT2D eigenvalue weighted by Gasteiger charge is 2.48. The Labute approximate surface area is 86.6 Å². The van der Waals surface area contributed by atoms with Crippen molar-refractivity contribution in [2.75, 3.05) is 0 Å². The van der Waals surface area contributed by atoms with Crippen molar-refractivity contribution < 1.29 is 4.79 Å². The fourth-order valence-electron chi connectivity index (χ4n) is 3.60. The van der Waals surface area contributed by atoms with Gasteiger partial charge in [-0.05, 0) is 36.5 Å². The molecular formula is C13H20O. The Kier molecular flexibility index (Phi) is 2.50. The molecule has 2 rings (SSSR count). The van der Waals surface area contributed by atoms with E-state index in [4.69, 9.17) is 0 Å². The molecule has 0 aromatic carbocycles. The molecule has 0 radical (unpaired) electrons. The summed E-state index contributed by atoms with van der Waals surface area (Å²) in [6, 6.07) is 0. The summed E-state index contributed by atoms with van der Waals surface area (Å²) in [6.07, 6.45) is 8.62. The molecule has 0 aliphatic heterocycles. The standard InChI is InChI=1S/C13H20O/c1-3-11-5-4-8-13(11)9-12(14)7-6-10(13)2/h3,10-11H,1,4-9H2,2H3. The first-order valence-electron chi connectivity index (χ1n) is 5.83. The zero-order chi connectivity index (χ0) is 10.2. The number of carbonyl (C=O) groups excluding carboxylic acids is 1. The lowest BCUT2D eigenvalue weighted by Gasteiger charge is -2.42. The molecule has 14 heavy (non-hydrogen) atoms. The molecule has 78 valence electrons. The Hall–Kier alpha value is -0.590. The molecule has 1 spiro atoms. The van der Waals surface area contributed by atoms with Crippen molar-refractivity contribution >= 4 is 5.78 Å². The smallest absolute Gasteiger partial charge is 0.133 e. The number of hydrogen-bond acceptors (Lipinski definition) is 1. The molecule has 0 aromatic heterocycles. The highest BCUT2D eigenvalue weighted by molar-refractivity contribution is 5.80. The maximum Gasteiger partial charge on any atom is 0.133 e. The summed E-state index contributed by atoms with van der Waals surface area (Å²) in [7, 11) is 0. The lowest BCUT2D eigenvalue weighted by Crippen LogP contribution is -2.38. The molecule has 2 saturated carbocycles. The summed E-state index contributed by atoms with van der Waals surface area (Å²) < 4.78 is 0. The van der Waals surface area contributed by atoms with Gasteiger partial charge in [-0.3, -0.25) is 4.79 Å². The molecule has 3 unspecified atom stereocenters. The molecule has 0 saturated heterocycles. The minimum atomic E-state index is 0.303. The first kappa shape index (κ1) is 9.95. The molecule has 0 amide bonds. The average Bonchev–Trinajstić information content (AvgIpc) is 2.56. The number of allylic oxidation sites excluding steroid dienone is 1. The lowest BCUT2D eigenvalue weighted by atomic mass is 9.61. The van der Waals surface area contributed by atoms with Crippen molar-refractivity contribution in [1.29, 1.82) is 0 Å². The summed E-state index contributed by atoms with van der Waals surface area (Å²) in [6.45, 7) is 6.27. The maximum atomic E-state index is 11.6. The Morgan fingerprint density at radius 1 is 1.50 bits per heavy atom. The Bertz CT molecular complexity index is 256. The van der Waals surface area contributed by atoms with Crippen molar-refractivity contribution in [2.45, 2.75) is 45.4 Å². The fourth-order valence-corrected chi connectivity index (χ4v) is 3.60. The van der Waals surface area contributed by atoms with Crippen LogP contribution in [0.3, 0.4) is 0 Å². The highest BCUT2D eigenvalue weighted by atomic mass is 16.1. The van der Waals surface area contributed by atoms with Crippen molar-refractivity contribution in [3.63, 3.8) is 0 Å². The molecule has 0 bridgehead atoms. The largest absolute Gasteiger partial charge is 0.300 e. The van der Waals surface area contributed by atoms with Crippen LogP contribution in [-0.4, -0.2) is 5.78 Å². The van der Waals surface area contributed by atoms with Crippen LogP contribution in [0.1, 0.15) is 45.4 Å². The Morgan fingerprint density at radius 3 is 3.00 bits per heavy atom. The molecule has 2 fully saturated rings. The van der Waals surface area contributed by atoms with E-state index < -0.39 is 0 Å².